The Kier molecular flexibility index (Phi) is 5.09. The van der Waals surface area contributed by atoms with Crippen LogP contribution in [0.1, 0.15) is 6.92 Å². The normalized spacial score (nSPS) is 15.7. The van der Waals surface area contributed by atoms with Gasteiger partial charge in [-0.1, -0.05) is 0 Å². The minimum Gasteiger partial charge on any atom is -0.426 e. The summed E-state index contributed by atoms with van der Waals surface area (Å²) in [7, 11) is 0. The molecule has 1 amide bonds. The maximum atomic E-state index is 11.8. The van der Waals surface area contributed by atoms with Gasteiger partial charge in [0.1, 0.15) is 5.75 Å². The lowest BCUT2D eigenvalue weighted by Crippen LogP contribution is -2.40. The van der Waals surface area contributed by atoms with E-state index in [1.54, 1.807) is 24.3 Å². The molecule has 1 heterocycles. The zero-order chi connectivity index (χ0) is 14.4. The van der Waals surface area contributed by atoms with E-state index in [0.717, 1.165) is 13.1 Å². The highest BCUT2D eigenvalue weighted by molar-refractivity contribution is 5.88. The van der Waals surface area contributed by atoms with Crippen molar-refractivity contribution in [1.82, 2.24) is 4.90 Å². The average Bonchev–Trinajstić information content (AvgIpc) is 2.41. The third kappa shape index (κ3) is 4.64. The summed E-state index contributed by atoms with van der Waals surface area (Å²) in [5, 5.41) is 2.65. The first-order valence-corrected chi connectivity index (χ1v) is 6.52. The molecule has 0 aromatic heterocycles. The summed E-state index contributed by atoms with van der Waals surface area (Å²) in [5.41, 5.74) is 0.672. The van der Waals surface area contributed by atoms with E-state index in [-0.39, 0.29) is 18.4 Å². The van der Waals surface area contributed by atoms with Crippen LogP contribution in [0.2, 0.25) is 0 Å². The Labute approximate surface area is 117 Å². The topological polar surface area (TPSA) is 67.9 Å². The highest BCUT2D eigenvalue weighted by Crippen LogP contribution is 2.16. The number of nitrogens with one attached hydrogen (secondary N) is 1. The average molecular weight is 278 g/mol. The molecule has 1 saturated heterocycles. The van der Waals surface area contributed by atoms with Crippen molar-refractivity contribution in [3.8, 4) is 5.75 Å². The molecule has 2 rings (SSSR count). The number of esters is 1. The number of hydrogen-bond acceptors (Lipinski definition) is 5. The zero-order valence-electron chi connectivity index (χ0n) is 11.4. The first-order valence-electron chi connectivity index (χ1n) is 6.52. The van der Waals surface area contributed by atoms with Gasteiger partial charge in [-0.15, -0.1) is 0 Å². The van der Waals surface area contributed by atoms with Crippen molar-refractivity contribution in [3.63, 3.8) is 0 Å². The molecule has 0 unspecified atom stereocenters. The highest BCUT2D eigenvalue weighted by atomic mass is 16.5. The van der Waals surface area contributed by atoms with Gasteiger partial charge in [0, 0.05) is 25.7 Å². The molecule has 6 heteroatoms. The summed E-state index contributed by atoms with van der Waals surface area (Å²) in [6.45, 7) is 4.50. The molecule has 0 spiro atoms. The van der Waals surface area contributed by atoms with Gasteiger partial charge >= 0.3 is 5.97 Å². The van der Waals surface area contributed by atoms with Crippen molar-refractivity contribution >= 4 is 17.6 Å². The third-order valence-corrected chi connectivity index (χ3v) is 2.86. The second-order valence-corrected chi connectivity index (χ2v) is 4.57. The number of ether oxygens (including phenoxy) is 2. The summed E-state index contributed by atoms with van der Waals surface area (Å²) >= 11 is 0. The lowest BCUT2D eigenvalue weighted by molar-refractivity contribution is -0.136. The smallest absolute Gasteiger partial charge is 0.325 e. The predicted molar refractivity (Wildman–Crippen MR) is 73.6 cm³/mol. The van der Waals surface area contributed by atoms with Crippen LogP contribution >= 0.6 is 0 Å². The summed E-state index contributed by atoms with van der Waals surface area (Å²) in [5.74, 6) is 0.0404. The van der Waals surface area contributed by atoms with Crippen molar-refractivity contribution in [3.05, 3.63) is 24.3 Å². The number of benzene rings is 1. The Morgan fingerprint density at radius 3 is 2.50 bits per heavy atom. The Hall–Kier alpha value is -1.92. The van der Waals surface area contributed by atoms with Gasteiger partial charge in [0.15, 0.2) is 0 Å². The van der Waals surface area contributed by atoms with Crippen molar-refractivity contribution in [1.29, 1.82) is 0 Å². The molecule has 0 atom stereocenters. The van der Waals surface area contributed by atoms with E-state index in [4.69, 9.17) is 9.47 Å². The van der Waals surface area contributed by atoms with Crippen molar-refractivity contribution in [2.75, 3.05) is 38.2 Å². The number of hydrogen-bond donors (Lipinski definition) is 1. The van der Waals surface area contributed by atoms with Crippen LogP contribution in [0.25, 0.3) is 0 Å². The quantitative estimate of drug-likeness (QED) is 0.654. The van der Waals surface area contributed by atoms with Gasteiger partial charge in [-0.3, -0.25) is 14.5 Å². The molecule has 1 N–H and O–H groups in total. The van der Waals surface area contributed by atoms with Crippen LogP contribution in [-0.4, -0.2) is 49.6 Å². The van der Waals surface area contributed by atoms with E-state index < -0.39 is 0 Å². The van der Waals surface area contributed by atoms with Crippen molar-refractivity contribution in [2.24, 2.45) is 0 Å². The largest absolute Gasteiger partial charge is 0.426 e. The molecule has 6 nitrogen and oxygen atoms in total. The molecule has 1 aromatic carbocycles. The lowest BCUT2D eigenvalue weighted by atomic mass is 10.3. The van der Waals surface area contributed by atoms with E-state index >= 15 is 0 Å². The Morgan fingerprint density at radius 1 is 1.25 bits per heavy atom. The molecule has 0 aliphatic carbocycles. The van der Waals surface area contributed by atoms with Gasteiger partial charge in [0.2, 0.25) is 5.91 Å². The van der Waals surface area contributed by atoms with Gasteiger partial charge in [0.05, 0.1) is 19.8 Å². The molecule has 0 saturated carbocycles. The number of morpholine rings is 1. The Balaban J connectivity index is 1.82. The van der Waals surface area contributed by atoms with E-state index in [1.165, 1.54) is 6.92 Å². The highest BCUT2D eigenvalue weighted by Gasteiger charge is 2.15. The fourth-order valence-electron chi connectivity index (χ4n) is 1.92. The first-order chi connectivity index (χ1) is 9.63. The van der Waals surface area contributed by atoms with Gasteiger partial charge in [-0.05, 0) is 24.3 Å². The molecule has 1 aliphatic rings. The molecule has 0 radical (unpaired) electrons. The van der Waals surface area contributed by atoms with Crippen LogP contribution in [0.4, 0.5) is 5.69 Å². The van der Waals surface area contributed by atoms with Crippen LogP contribution in [-0.2, 0) is 14.3 Å². The van der Waals surface area contributed by atoms with Crippen LogP contribution < -0.4 is 10.1 Å². The predicted octanol–water partition coefficient (Wildman–Crippen LogP) is 0.883. The van der Waals surface area contributed by atoms with E-state index in [9.17, 15) is 9.59 Å². The molecule has 20 heavy (non-hydrogen) atoms. The number of anilines is 1. The maximum Gasteiger partial charge on any atom is 0.325 e. The maximum absolute atomic E-state index is 11.8. The summed E-state index contributed by atoms with van der Waals surface area (Å²) < 4.78 is 10.5. The number of carbonyl (C=O) groups excluding carboxylic acids is 2. The lowest BCUT2D eigenvalue weighted by Gasteiger charge is -2.25. The van der Waals surface area contributed by atoms with Gasteiger partial charge in [-0.2, -0.15) is 0 Å². The van der Waals surface area contributed by atoms with Crippen LogP contribution in [0.3, 0.4) is 0 Å². The third-order valence-electron chi connectivity index (χ3n) is 2.86. The Morgan fingerprint density at radius 2 is 1.90 bits per heavy atom. The number of rotatable bonds is 4. The first kappa shape index (κ1) is 14.5. The molecular weight excluding hydrogens is 260 g/mol. The molecule has 1 aromatic rings. The second kappa shape index (κ2) is 7.02. The molecule has 1 aliphatic heterocycles. The van der Waals surface area contributed by atoms with Crippen LogP contribution in [0, 0.1) is 0 Å². The second-order valence-electron chi connectivity index (χ2n) is 4.57. The van der Waals surface area contributed by atoms with E-state index in [1.807, 2.05) is 4.90 Å². The molecule has 108 valence electrons. The fraction of sp³-hybridized carbons (Fsp3) is 0.429. The van der Waals surface area contributed by atoms with Crippen molar-refractivity contribution in [2.45, 2.75) is 6.92 Å². The monoisotopic (exact) mass is 278 g/mol. The molecular formula is C14H18N2O4. The molecule has 1 fully saturated rings. The SMILES string of the molecule is CC(=O)Nc1ccc(OC(=O)CN2CCOCC2)cc1. The summed E-state index contributed by atoms with van der Waals surface area (Å²) in [6.07, 6.45) is 0. The minimum atomic E-state index is -0.292. The number of amides is 1. The van der Waals surface area contributed by atoms with Gasteiger partial charge in [-0.25, -0.2) is 0 Å². The van der Waals surface area contributed by atoms with Crippen LogP contribution in [0.5, 0.6) is 5.75 Å². The van der Waals surface area contributed by atoms with Gasteiger partial charge < -0.3 is 14.8 Å². The van der Waals surface area contributed by atoms with Gasteiger partial charge in [0.25, 0.3) is 0 Å². The summed E-state index contributed by atoms with van der Waals surface area (Å²) in [6, 6.07) is 6.70. The van der Waals surface area contributed by atoms with E-state index in [0.29, 0.717) is 24.7 Å². The zero-order valence-corrected chi connectivity index (χ0v) is 11.4. The number of nitrogens with zero attached hydrogens (tertiary/aromatic N) is 1. The van der Waals surface area contributed by atoms with E-state index in [2.05, 4.69) is 5.32 Å². The standard InChI is InChI=1S/C14H18N2O4/c1-11(17)15-12-2-4-13(5-3-12)20-14(18)10-16-6-8-19-9-7-16/h2-5H,6-10H2,1H3,(H,15,17). The Bertz CT molecular complexity index is 467. The van der Waals surface area contributed by atoms with Crippen molar-refractivity contribution < 1.29 is 19.1 Å². The minimum absolute atomic E-state index is 0.137. The fourth-order valence-corrected chi connectivity index (χ4v) is 1.92. The van der Waals surface area contributed by atoms with Crippen LogP contribution in [0.15, 0.2) is 24.3 Å². The summed E-state index contributed by atoms with van der Waals surface area (Å²) in [4.78, 5) is 24.7. The number of carbonyl (C=O) groups is 2. The molecule has 0 bridgehead atoms.